The third-order valence-electron chi connectivity index (χ3n) is 12.8. The van der Waals surface area contributed by atoms with Gasteiger partial charge in [-0.2, -0.15) is 12.6 Å². The van der Waals surface area contributed by atoms with E-state index < -0.39 is 41.0 Å². The average molecular weight is 1120 g/mol. The first-order valence-corrected chi connectivity index (χ1v) is 27.2. The quantitative estimate of drug-likeness (QED) is 0.0154. The number of carboxylic acid groups (broad SMARTS) is 1. The van der Waals surface area contributed by atoms with Crippen LogP contribution in [0.3, 0.4) is 0 Å². The highest BCUT2D eigenvalue weighted by atomic mass is 79.9. The molecule has 0 bridgehead atoms. The molecule has 2 amide bonds. The van der Waals surface area contributed by atoms with Gasteiger partial charge in [0.1, 0.15) is 37.7 Å². The van der Waals surface area contributed by atoms with Gasteiger partial charge < -0.3 is 34.7 Å². The van der Waals surface area contributed by atoms with E-state index in [4.69, 9.17) is 18.9 Å². The Bertz CT molecular complexity index is 2960. The van der Waals surface area contributed by atoms with Gasteiger partial charge in [0, 0.05) is 28.7 Å². The van der Waals surface area contributed by atoms with Crippen LogP contribution in [0.1, 0.15) is 50.8 Å². The Labute approximate surface area is 462 Å². The van der Waals surface area contributed by atoms with Crippen molar-refractivity contribution in [2.24, 2.45) is 0 Å². The number of allylic oxidation sites excluding steroid dienone is 1. The van der Waals surface area contributed by atoms with Crippen molar-refractivity contribution in [1.82, 2.24) is 10.6 Å². The van der Waals surface area contributed by atoms with E-state index in [2.05, 4.69) is 76.6 Å². The fourth-order valence-corrected chi connectivity index (χ4v) is 11.1. The molecule has 2 aliphatic rings. The summed E-state index contributed by atoms with van der Waals surface area (Å²) in [6, 6.07) is 58.1. The molecule has 14 heteroatoms. The first kappa shape index (κ1) is 56.2. The third kappa shape index (κ3) is 13.5. The zero-order valence-electron chi connectivity index (χ0n) is 41.9. The van der Waals surface area contributed by atoms with Crippen molar-refractivity contribution in [3.8, 4) is 28.0 Å². The monoisotopic (exact) mass is 1120 g/mol. The van der Waals surface area contributed by atoms with Gasteiger partial charge in [0.2, 0.25) is 0 Å². The summed E-state index contributed by atoms with van der Waals surface area (Å²) in [5.74, 6) is -0.960. The molecule has 11 nitrogen and oxygen atoms in total. The zero-order valence-corrected chi connectivity index (χ0v) is 45.2. The lowest BCUT2D eigenvalue weighted by molar-refractivity contribution is -0.144. The number of fused-ring (bicyclic) bond motifs is 6. The molecule has 0 aliphatic heterocycles. The van der Waals surface area contributed by atoms with Crippen molar-refractivity contribution in [2.45, 2.75) is 28.7 Å². The second-order valence-electron chi connectivity index (χ2n) is 17.4. The number of hydrogen-bond donors (Lipinski definition) is 4. The first-order chi connectivity index (χ1) is 37.1. The van der Waals surface area contributed by atoms with Crippen LogP contribution < -0.4 is 15.4 Å². The van der Waals surface area contributed by atoms with Crippen LogP contribution in [0.2, 0.25) is 0 Å². The summed E-state index contributed by atoms with van der Waals surface area (Å²) in [5.41, 5.74) is 11.9. The van der Waals surface area contributed by atoms with Gasteiger partial charge in [-0.1, -0.05) is 205 Å². The highest BCUT2D eigenvalue weighted by Crippen LogP contribution is 2.50. The summed E-state index contributed by atoms with van der Waals surface area (Å²) in [7, 11) is 1.62. The topological polar surface area (TPSA) is 149 Å². The molecule has 0 saturated heterocycles. The van der Waals surface area contributed by atoms with Crippen molar-refractivity contribution in [2.75, 3.05) is 43.8 Å². The number of alkyl halides is 1. The number of halogens is 1. The number of rotatable bonds is 19. The van der Waals surface area contributed by atoms with Crippen molar-refractivity contribution < 1.29 is 43.2 Å². The maximum absolute atomic E-state index is 13.1. The highest BCUT2D eigenvalue weighted by molar-refractivity contribution is 9.09. The Morgan fingerprint density at radius 2 is 0.974 bits per heavy atom. The SMILES string of the molecule is C=CCBr.C=CCOC(=O)[C@H](CS)NC(=O)OCC1c2ccccc2-c2ccccc21.COc1ccc(C(SC[C@H](NC(=O)OCC2c3ccccc3-c3ccccc32)C(=O)O)(c2ccccc2)c2ccccc2)cc1. The van der Waals surface area contributed by atoms with Crippen molar-refractivity contribution >= 4 is 64.4 Å². The Morgan fingerprint density at radius 3 is 1.34 bits per heavy atom. The van der Waals surface area contributed by atoms with Crippen LogP contribution in [0.15, 0.2) is 207 Å². The number of carbonyl (C=O) groups excluding carboxylic acids is 3. The number of hydrogen-bond acceptors (Lipinski definition) is 10. The van der Waals surface area contributed by atoms with Crippen LogP contribution >= 0.6 is 40.3 Å². The van der Waals surface area contributed by atoms with E-state index in [9.17, 15) is 24.3 Å². The van der Waals surface area contributed by atoms with Crippen molar-refractivity contribution in [3.05, 3.63) is 246 Å². The minimum Gasteiger partial charge on any atom is -0.497 e. The predicted molar refractivity (Wildman–Crippen MR) is 309 cm³/mol. The Balaban J connectivity index is 0.000000230. The van der Waals surface area contributed by atoms with E-state index in [-0.39, 0.29) is 43.2 Å². The second kappa shape index (κ2) is 27.9. The first-order valence-electron chi connectivity index (χ1n) is 24.5. The summed E-state index contributed by atoms with van der Waals surface area (Å²) >= 11 is 8.67. The number of carboxylic acids is 1. The number of alkyl carbamates (subject to hydrolysis) is 2. The molecule has 0 spiro atoms. The van der Waals surface area contributed by atoms with Gasteiger partial charge >= 0.3 is 24.1 Å². The smallest absolute Gasteiger partial charge is 0.407 e. The maximum atomic E-state index is 13.1. The molecule has 0 heterocycles. The van der Waals surface area contributed by atoms with Gasteiger partial charge in [-0.15, -0.1) is 18.3 Å². The van der Waals surface area contributed by atoms with Crippen LogP contribution in [-0.4, -0.2) is 85.1 Å². The number of thioether (sulfide) groups is 1. The Kier molecular flexibility index (Phi) is 20.6. The molecule has 0 saturated carbocycles. The van der Waals surface area contributed by atoms with Crippen LogP contribution in [-0.2, 0) is 28.5 Å². The number of aliphatic carboxylic acids is 1. The van der Waals surface area contributed by atoms with Gasteiger partial charge in [-0.05, 0) is 73.3 Å². The summed E-state index contributed by atoms with van der Waals surface area (Å²) in [4.78, 5) is 49.7. The van der Waals surface area contributed by atoms with E-state index in [1.165, 1.54) is 17.8 Å². The summed E-state index contributed by atoms with van der Waals surface area (Å²) in [6.45, 7) is 7.27. The molecule has 0 aromatic heterocycles. The number of amides is 2. The van der Waals surface area contributed by atoms with Crippen LogP contribution in [0.4, 0.5) is 9.59 Å². The highest BCUT2D eigenvalue weighted by Gasteiger charge is 2.39. The maximum Gasteiger partial charge on any atom is 0.407 e. The van der Waals surface area contributed by atoms with Crippen molar-refractivity contribution in [3.63, 3.8) is 0 Å². The van der Waals surface area contributed by atoms with Gasteiger partial charge in [-0.3, -0.25) is 0 Å². The minimum atomic E-state index is -1.20. The molecule has 0 fully saturated rings. The summed E-state index contributed by atoms with van der Waals surface area (Å²) < 4.78 is 20.7. The molecule has 3 N–H and O–H groups in total. The molecule has 0 radical (unpaired) electrons. The lowest BCUT2D eigenvalue weighted by Gasteiger charge is -2.36. The standard InChI is InChI=1S/C38H33NO5S.C21H21NO4S.C3H5Br/c1-43-29-22-20-28(21-23-29)38(26-12-4-2-5-13-26,27-14-6-3-7-15-27)45-25-35(36(40)41)39-37(42)44-24-34-32-18-10-8-16-30(32)31-17-9-11-19-33(31)34;1-2-11-25-20(23)19(13-27)22-21(24)26-12-18-16-9-5-3-7-14(16)15-8-4-6-10-17(15)18;1-2-3-4/h2-23,34-35H,24-25H2,1H3,(H,39,42)(H,40,41);2-10,18-19,27H,1,11-13H2,(H,22,24);2H,1,3H2/t35-;19-;/m00./s1. The fraction of sp³-hybridized carbons (Fsp3) is 0.194. The predicted octanol–water partition coefficient (Wildman–Crippen LogP) is 12.8. The minimum absolute atomic E-state index is 0.0367. The normalized spacial score (nSPS) is 12.7. The van der Waals surface area contributed by atoms with E-state index in [0.717, 1.165) is 72.3 Å². The number of ether oxygens (including phenoxy) is 4. The number of carbonyl (C=O) groups is 4. The molecule has 2 atom stereocenters. The molecule has 9 rings (SSSR count). The lowest BCUT2D eigenvalue weighted by atomic mass is 9.84. The van der Waals surface area contributed by atoms with Crippen LogP contribution in [0.25, 0.3) is 22.3 Å². The largest absolute Gasteiger partial charge is 0.497 e. The molecule has 7 aromatic carbocycles. The van der Waals surface area contributed by atoms with Gasteiger partial charge in [0.25, 0.3) is 0 Å². The van der Waals surface area contributed by atoms with Gasteiger partial charge in [0.05, 0.1) is 11.9 Å². The molecule has 390 valence electrons. The molecule has 0 unspecified atom stereocenters. The van der Waals surface area contributed by atoms with Gasteiger partial charge in [0.15, 0.2) is 0 Å². The van der Waals surface area contributed by atoms with Crippen molar-refractivity contribution in [1.29, 1.82) is 0 Å². The van der Waals surface area contributed by atoms with Gasteiger partial charge in [-0.25, -0.2) is 19.2 Å². The number of thiol groups is 1. The second-order valence-corrected chi connectivity index (χ2v) is 19.6. The van der Waals surface area contributed by atoms with E-state index in [0.29, 0.717) is 0 Å². The van der Waals surface area contributed by atoms with E-state index in [1.54, 1.807) is 13.2 Å². The Morgan fingerprint density at radius 1 is 0.592 bits per heavy atom. The summed E-state index contributed by atoms with van der Waals surface area (Å²) in [5, 5.41) is 16.3. The van der Waals surface area contributed by atoms with Crippen LogP contribution in [0, 0.1) is 0 Å². The Hall–Kier alpha value is -7.52. The molecule has 2 aliphatic carbocycles. The fourth-order valence-electron chi connectivity index (χ4n) is 9.29. The zero-order chi connectivity index (χ0) is 53.9. The molecule has 7 aromatic rings. The molecular formula is C62H59BrN2O9S2. The number of methoxy groups -OCH3 is 1. The number of esters is 1. The van der Waals surface area contributed by atoms with Crippen LogP contribution in [0.5, 0.6) is 5.75 Å². The van der Waals surface area contributed by atoms with E-state index >= 15 is 0 Å². The summed E-state index contributed by atoms with van der Waals surface area (Å²) in [6.07, 6.45) is 1.81. The third-order valence-corrected chi connectivity index (χ3v) is 15.3. The number of benzene rings is 7. The molecular weight excluding hydrogens is 1060 g/mol. The number of nitrogens with one attached hydrogen (secondary N) is 2. The molecule has 76 heavy (non-hydrogen) atoms. The average Bonchev–Trinajstić information content (AvgIpc) is 3.97. The van der Waals surface area contributed by atoms with E-state index in [1.807, 2.05) is 158 Å². The lowest BCUT2D eigenvalue weighted by Crippen LogP contribution is -2.44.